The highest BCUT2D eigenvalue weighted by molar-refractivity contribution is 6.33. The molecule has 1 aromatic carbocycles. The second kappa shape index (κ2) is 10.6. The lowest BCUT2D eigenvalue weighted by Gasteiger charge is -2.09. The first-order valence-corrected chi connectivity index (χ1v) is 7.32. The van der Waals surface area contributed by atoms with Crippen molar-refractivity contribution in [3.05, 3.63) is 46.7 Å². The molecule has 5 nitrogen and oxygen atoms in total. The van der Waals surface area contributed by atoms with Gasteiger partial charge in [0.1, 0.15) is 11.5 Å². The van der Waals surface area contributed by atoms with Crippen molar-refractivity contribution in [3.8, 4) is 11.3 Å². The monoisotopic (exact) mass is 394 g/mol. The average Bonchev–Trinajstić information content (AvgIpc) is 2.92. The number of rotatable bonds is 7. The second-order valence-corrected chi connectivity index (χ2v) is 5.65. The van der Waals surface area contributed by atoms with Gasteiger partial charge in [-0.05, 0) is 44.4 Å². The first-order chi connectivity index (χ1) is 10.5. The zero-order valence-electron chi connectivity index (χ0n) is 13.4. The van der Waals surface area contributed by atoms with E-state index in [4.69, 9.17) is 21.1 Å². The number of carboxylic acids is 1. The molecule has 2 N–H and O–H groups in total. The Morgan fingerprint density at radius 1 is 1.25 bits per heavy atom. The van der Waals surface area contributed by atoms with Crippen LogP contribution in [0.3, 0.4) is 0 Å². The molecule has 0 fully saturated rings. The van der Waals surface area contributed by atoms with Gasteiger partial charge in [-0.1, -0.05) is 11.6 Å². The third-order valence-corrected chi connectivity index (χ3v) is 3.51. The van der Waals surface area contributed by atoms with E-state index >= 15 is 0 Å². The van der Waals surface area contributed by atoms with Gasteiger partial charge in [0.15, 0.2) is 0 Å². The van der Waals surface area contributed by atoms with Crippen molar-refractivity contribution in [1.29, 1.82) is 0 Å². The van der Waals surface area contributed by atoms with Gasteiger partial charge in [-0.3, -0.25) is 0 Å². The number of carbonyl (C=O) groups is 1. The molecule has 8 heteroatoms. The summed E-state index contributed by atoms with van der Waals surface area (Å²) < 4.78 is 5.74. The minimum absolute atomic E-state index is 0. The van der Waals surface area contributed by atoms with Crippen LogP contribution in [-0.4, -0.2) is 43.2 Å². The maximum atomic E-state index is 11.0. The third-order valence-electron chi connectivity index (χ3n) is 3.18. The van der Waals surface area contributed by atoms with Gasteiger partial charge in [0.05, 0.1) is 17.1 Å². The van der Waals surface area contributed by atoms with Gasteiger partial charge in [0.2, 0.25) is 0 Å². The lowest BCUT2D eigenvalue weighted by atomic mass is 10.1. The molecule has 0 radical (unpaired) electrons. The first-order valence-electron chi connectivity index (χ1n) is 6.94. The molecule has 1 aromatic heterocycles. The summed E-state index contributed by atoms with van der Waals surface area (Å²) in [6.07, 6.45) is 0. The number of aromatic carboxylic acids is 1. The molecule has 134 valence electrons. The van der Waals surface area contributed by atoms with Crippen molar-refractivity contribution in [2.24, 2.45) is 0 Å². The van der Waals surface area contributed by atoms with Crippen LogP contribution in [0, 0.1) is 0 Å². The van der Waals surface area contributed by atoms with Crippen LogP contribution in [0.2, 0.25) is 5.02 Å². The summed E-state index contributed by atoms with van der Waals surface area (Å²) in [5.74, 6) is 0.359. The summed E-state index contributed by atoms with van der Waals surface area (Å²) in [5.41, 5.74) is 0.766. The highest BCUT2D eigenvalue weighted by atomic mass is 35.5. The second-order valence-electron chi connectivity index (χ2n) is 5.25. The highest BCUT2D eigenvalue weighted by Gasteiger charge is 2.12. The van der Waals surface area contributed by atoms with Crippen LogP contribution >= 0.6 is 36.4 Å². The molecule has 0 amide bonds. The van der Waals surface area contributed by atoms with Gasteiger partial charge in [0, 0.05) is 18.7 Å². The predicted octanol–water partition coefficient (Wildman–Crippen LogP) is 3.79. The van der Waals surface area contributed by atoms with Crippen molar-refractivity contribution in [1.82, 2.24) is 10.2 Å². The molecule has 0 saturated carbocycles. The average molecular weight is 396 g/mol. The van der Waals surface area contributed by atoms with Crippen LogP contribution < -0.4 is 5.32 Å². The van der Waals surface area contributed by atoms with Gasteiger partial charge in [-0.2, -0.15) is 0 Å². The number of carboxylic acid groups (broad SMARTS) is 1. The van der Waals surface area contributed by atoms with Gasteiger partial charge >= 0.3 is 5.97 Å². The number of halogens is 3. The summed E-state index contributed by atoms with van der Waals surface area (Å²) >= 11 is 6.13. The Balaban J connectivity index is 0.00000264. The Bertz CT molecular complexity index is 660. The van der Waals surface area contributed by atoms with Crippen LogP contribution in [0.1, 0.15) is 16.1 Å². The summed E-state index contributed by atoms with van der Waals surface area (Å²) in [5, 5.41) is 12.8. The van der Waals surface area contributed by atoms with E-state index in [0.717, 1.165) is 18.8 Å². The molecule has 2 aromatic rings. The van der Waals surface area contributed by atoms with Gasteiger partial charge in [-0.15, -0.1) is 24.8 Å². The molecule has 2 rings (SSSR count). The minimum Gasteiger partial charge on any atom is -0.478 e. The van der Waals surface area contributed by atoms with E-state index in [9.17, 15) is 4.79 Å². The normalized spacial score (nSPS) is 10.2. The Morgan fingerprint density at radius 2 is 1.96 bits per heavy atom. The molecular weight excluding hydrogens is 375 g/mol. The van der Waals surface area contributed by atoms with Gasteiger partial charge < -0.3 is 19.7 Å². The Kier molecular flexibility index (Phi) is 10.0. The zero-order valence-corrected chi connectivity index (χ0v) is 15.8. The molecule has 0 spiro atoms. The fourth-order valence-electron chi connectivity index (χ4n) is 1.98. The molecule has 0 bridgehead atoms. The Labute approximate surface area is 158 Å². The number of furan rings is 1. The highest BCUT2D eigenvalue weighted by Crippen LogP contribution is 2.30. The number of nitrogens with zero attached hydrogens (tertiary/aromatic N) is 1. The van der Waals surface area contributed by atoms with Crippen molar-refractivity contribution < 1.29 is 14.3 Å². The van der Waals surface area contributed by atoms with Crippen LogP contribution in [0.25, 0.3) is 11.3 Å². The van der Waals surface area contributed by atoms with E-state index in [1.54, 1.807) is 12.1 Å². The van der Waals surface area contributed by atoms with E-state index in [1.165, 1.54) is 12.1 Å². The third kappa shape index (κ3) is 6.34. The molecule has 24 heavy (non-hydrogen) atoms. The molecule has 0 atom stereocenters. The van der Waals surface area contributed by atoms with Gasteiger partial charge in [-0.25, -0.2) is 4.79 Å². The van der Waals surface area contributed by atoms with Crippen molar-refractivity contribution in [2.45, 2.75) is 6.54 Å². The number of hydrogen-bond acceptors (Lipinski definition) is 4. The molecular formula is C16H21Cl3N2O3. The van der Waals surface area contributed by atoms with E-state index in [0.29, 0.717) is 22.9 Å². The number of likely N-dealkylation sites (N-methyl/N-ethyl adjacent to an activating group) is 1. The van der Waals surface area contributed by atoms with Crippen LogP contribution in [0.15, 0.2) is 34.7 Å². The molecule has 0 aliphatic rings. The molecule has 0 aliphatic carbocycles. The topological polar surface area (TPSA) is 65.7 Å². The fraction of sp³-hybridized carbons (Fsp3) is 0.312. The summed E-state index contributed by atoms with van der Waals surface area (Å²) in [4.78, 5) is 13.1. The van der Waals surface area contributed by atoms with Crippen molar-refractivity contribution in [3.63, 3.8) is 0 Å². The van der Waals surface area contributed by atoms with Crippen LogP contribution in [0.4, 0.5) is 0 Å². The lowest BCUT2D eigenvalue weighted by Crippen LogP contribution is -2.25. The zero-order chi connectivity index (χ0) is 16.1. The Morgan fingerprint density at radius 3 is 2.58 bits per heavy atom. The Hall–Kier alpha value is -1.24. The molecule has 1 heterocycles. The summed E-state index contributed by atoms with van der Waals surface area (Å²) in [6, 6.07) is 8.23. The largest absolute Gasteiger partial charge is 0.478 e. The van der Waals surface area contributed by atoms with Crippen molar-refractivity contribution in [2.75, 3.05) is 27.2 Å². The lowest BCUT2D eigenvalue weighted by molar-refractivity contribution is 0.0697. The summed E-state index contributed by atoms with van der Waals surface area (Å²) in [6.45, 7) is 2.42. The number of hydrogen-bond donors (Lipinski definition) is 2. The van der Waals surface area contributed by atoms with Gasteiger partial charge in [0.25, 0.3) is 0 Å². The molecule has 0 aliphatic heterocycles. The fourth-order valence-corrected chi connectivity index (χ4v) is 2.19. The van der Waals surface area contributed by atoms with Crippen molar-refractivity contribution >= 4 is 42.4 Å². The smallest absolute Gasteiger partial charge is 0.335 e. The maximum absolute atomic E-state index is 11.0. The quantitative estimate of drug-likeness (QED) is 0.698. The first kappa shape index (κ1) is 22.8. The number of benzene rings is 1. The summed E-state index contributed by atoms with van der Waals surface area (Å²) in [7, 11) is 4.04. The molecule has 0 unspecified atom stereocenters. The standard InChI is InChI=1S/C16H19ClN2O3.2ClH/c1-19(2)8-7-18-10-12-4-6-15(22-12)13-9-11(16(20)21)3-5-14(13)17;;/h3-6,9,18H,7-8,10H2,1-2H3,(H,20,21);2*1H. The number of nitrogens with one attached hydrogen (secondary N) is 1. The predicted molar refractivity (Wildman–Crippen MR) is 101 cm³/mol. The SMILES string of the molecule is CN(C)CCNCc1ccc(-c2cc(C(=O)O)ccc2Cl)o1.Cl.Cl. The van der Waals surface area contributed by atoms with E-state index in [-0.39, 0.29) is 30.4 Å². The van der Waals surface area contributed by atoms with E-state index < -0.39 is 5.97 Å². The molecule has 0 saturated heterocycles. The maximum Gasteiger partial charge on any atom is 0.335 e. The van der Waals surface area contributed by atoms with E-state index in [2.05, 4.69) is 10.2 Å². The van der Waals surface area contributed by atoms with Crippen LogP contribution in [0.5, 0.6) is 0 Å². The van der Waals surface area contributed by atoms with E-state index in [1.807, 2.05) is 20.2 Å². The minimum atomic E-state index is -0.991. The van der Waals surface area contributed by atoms with Crippen LogP contribution in [-0.2, 0) is 6.54 Å².